The highest BCUT2D eigenvalue weighted by molar-refractivity contribution is 7.87. The Bertz CT molecular complexity index is 369. The van der Waals surface area contributed by atoms with Gasteiger partial charge < -0.3 is 5.11 Å². The van der Waals surface area contributed by atoms with Gasteiger partial charge in [-0.15, -0.1) is 0 Å². The molecule has 0 spiro atoms. The van der Waals surface area contributed by atoms with E-state index < -0.39 is 15.8 Å². The van der Waals surface area contributed by atoms with Crippen molar-refractivity contribution in [2.24, 2.45) is 11.8 Å². The van der Waals surface area contributed by atoms with Gasteiger partial charge in [-0.25, -0.2) is 0 Å². The average Bonchev–Trinajstić information content (AvgIpc) is 2.35. The van der Waals surface area contributed by atoms with E-state index in [9.17, 15) is 13.5 Å². The highest BCUT2D eigenvalue weighted by atomic mass is 32.2. The van der Waals surface area contributed by atoms with E-state index in [0.29, 0.717) is 37.8 Å². The largest absolute Gasteiger partial charge is 0.389 e. The van der Waals surface area contributed by atoms with Gasteiger partial charge in [-0.2, -0.15) is 17.4 Å². The second-order valence-corrected chi connectivity index (χ2v) is 7.78. The van der Waals surface area contributed by atoms with Crippen LogP contribution in [0.4, 0.5) is 0 Å². The summed E-state index contributed by atoms with van der Waals surface area (Å²) in [5, 5.41) is 10.1. The van der Waals surface area contributed by atoms with Gasteiger partial charge >= 0.3 is 0 Å². The van der Waals surface area contributed by atoms with Crippen LogP contribution in [0.15, 0.2) is 0 Å². The molecule has 2 N–H and O–H groups in total. The summed E-state index contributed by atoms with van der Waals surface area (Å²) in [4.78, 5) is 0. The van der Waals surface area contributed by atoms with Gasteiger partial charge in [-0.3, -0.25) is 0 Å². The van der Waals surface area contributed by atoms with E-state index in [1.807, 2.05) is 13.8 Å². The van der Waals surface area contributed by atoms with Gasteiger partial charge in [0.2, 0.25) is 0 Å². The van der Waals surface area contributed by atoms with Crippen LogP contribution in [0, 0.1) is 11.8 Å². The zero-order valence-electron chi connectivity index (χ0n) is 12.5. The Kier molecular flexibility index (Phi) is 5.79. The predicted octanol–water partition coefficient (Wildman–Crippen LogP) is 1.35. The zero-order chi connectivity index (χ0) is 14.7. The normalized spacial score (nSPS) is 26.6. The van der Waals surface area contributed by atoms with Crippen LogP contribution in [0.2, 0.25) is 0 Å². The molecule has 5 nitrogen and oxygen atoms in total. The first-order chi connectivity index (χ1) is 8.72. The molecular formula is C13H28N2O3S. The van der Waals surface area contributed by atoms with Crippen molar-refractivity contribution in [3.8, 4) is 0 Å². The summed E-state index contributed by atoms with van der Waals surface area (Å²) in [5.74, 6) is 0.771. The number of hydrogen-bond donors (Lipinski definition) is 2. The number of aliphatic hydroxyl groups is 1. The van der Waals surface area contributed by atoms with Crippen molar-refractivity contribution in [1.82, 2.24) is 9.03 Å². The Morgan fingerprint density at radius 1 is 1.21 bits per heavy atom. The van der Waals surface area contributed by atoms with E-state index in [0.717, 1.165) is 6.42 Å². The molecule has 0 aromatic rings. The molecule has 0 aromatic carbocycles. The molecule has 1 rings (SSSR count). The fourth-order valence-corrected chi connectivity index (χ4v) is 4.15. The van der Waals surface area contributed by atoms with E-state index in [1.165, 1.54) is 4.31 Å². The number of nitrogens with one attached hydrogen (secondary N) is 1. The summed E-state index contributed by atoms with van der Waals surface area (Å²) in [6.07, 6.45) is 2.15. The second kappa shape index (κ2) is 6.52. The van der Waals surface area contributed by atoms with E-state index in [4.69, 9.17) is 0 Å². The Morgan fingerprint density at radius 3 is 2.11 bits per heavy atom. The average molecular weight is 292 g/mol. The molecule has 1 aliphatic heterocycles. The lowest BCUT2D eigenvalue weighted by atomic mass is 9.94. The van der Waals surface area contributed by atoms with Crippen LogP contribution < -0.4 is 4.72 Å². The van der Waals surface area contributed by atoms with E-state index >= 15 is 0 Å². The van der Waals surface area contributed by atoms with E-state index in [2.05, 4.69) is 18.6 Å². The maximum Gasteiger partial charge on any atom is 0.279 e. The van der Waals surface area contributed by atoms with Crippen molar-refractivity contribution in [3.63, 3.8) is 0 Å². The van der Waals surface area contributed by atoms with Gasteiger partial charge in [-0.05, 0) is 31.1 Å². The van der Waals surface area contributed by atoms with Crippen LogP contribution in [0.1, 0.15) is 47.0 Å². The molecule has 0 aromatic heterocycles. The molecule has 2 atom stereocenters. The summed E-state index contributed by atoms with van der Waals surface area (Å²) in [7, 11) is -3.48. The van der Waals surface area contributed by atoms with E-state index in [-0.39, 0.29) is 6.54 Å². The van der Waals surface area contributed by atoms with Crippen LogP contribution in [0.3, 0.4) is 0 Å². The summed E-state index contributed by atoms with van der Waals surface area (Å²) in [6, 6.07) is 0. The fraction of sp³-hybridized carbons (Fsp3) is 1.00. The second-order valence-electron chi connectivity index (χ2n) is 6.02. The number of nitrogens with zero attached hydrogens (tertiary/aromatic N) is 1. The lowest BCUT2D eigenvalue weighted by Gasteiger charge is -2.35. The van der Waals surface area contributed by atoms with Crippen LogP contribution in [-0.2, 0) is 10.2 Å². The lowest BCUT2D eigenvalue weighted by Crippen LogP contribution is -2.51. The zero-order valence-corrected chi connectivity index (χ0v) is 13.3. The van der Waals surface area contributed by atoms with Crippen molar-refractivity contribution >= 4 is 10.2 Å². The molecule has 0 bridgehead atoms. The van der Waals surface area contributed by atoms with Crippen molar-refractivity contribution in [1.29, 1.82) is 0 Å². The monoisotopic (exact) mass is 292 g/mol. The molecule has 19 heavy (non-hydrogen) atoms. The highest BCUT2D eigenvalue weighted by Crippen LogP contribution is 2.23. The first-order valence-corrected chi connectivity index (χ1v) is 8.63. The highest BCUT2D eigenvalue weighted by Gasteiger charge is 2.32. The molecule has 114 valence electrons. The summed E-state index contributed by atoms with van der Waals surface area (Å²) in [6.45, 7) is 9.10. The van der Waals surface area contributed by atoms with Crippen LogP contribution >= 0.6 is 0 Å². The Balaban J connectivity index is 2.65. The lowest BCUT2D eigenvalue weighted by molar-refractivity contribution is 0.0371. The van der Waals surface area contributed by atoms with Crippen molar-refractivity contribution < 1.29 is 13.5 Å². The number of rotatable bonds is 6. The Hall–Kier alpha value is -0.170. The SMILES string of the molecule is CCC(O)(CC)CNS(=O)(=O)N1CC(C)CC(C)C1. The molecule has 1 aliphatic rings. The predicted molar refractivity (Wildman–Crippen MR) is 77.0 cm³/mol. The molecule has 2 unspecified atom stereocenters. The summed E-state index contributed by atoms with van der Waals surface area (Å²) in [5.41, 5.74) is -0.944. The van der Waals surface area contributed by atoms with Gasteiger partial charge in [-0.1, -0.05) is 27.7 Å². The van der Waals surface area contributed by atoms with Crippen LogP contribution in [-0.4, -0.2) is 43.1 Å². The third-order valence-corrected chi connectivity index (χ3v) is 5.56. The van der Waals surface area contributed by atoms with Gasteiger partial charge in [0.05, 0.1) is 5.60 Å². The van der Waals surface area contributed by atoms with Gasteiger partial charge in [0.1, 0.15) is 0 Å². The summed E-state index contributed by atoms with van der Waals surface area (Å²) < 4.78 is 28.6. The summed E-state index contributed by atoms with van der Waals surface area (Å²) >= 11 is 0. The van der Waals surface area contributed by atoms with Gasteiger partial charge in [0.15, 0.2) is 0 Å². The minimum atomic E-state index is -3.48. The first-order valence-electron chi connectivity index (χ1n) is 7.19. The number of hydrogen-bond acceptors (Lipinski definition) is 3. The minimum absolute atomic E-state index is 0.0849. The van der Waals surface area contributed by atoms with E-state index in [1.54, 1.807) is 0 Å². The molecule has 1 saturated heterocycles. The van der Waals surface area contributed by atoms with Crippen molar-refractivity contribution in [3.05, 3.63) is 0 Å². The fourth-order valence-electron chi connectivity index (χ4n) is 2.62. The van der Waals surface area contributed by atoms with Crippen LogP contribution in [0.5, 0.6) is 0 Å². The van der Waals surface area contributed by atoms with Crippen molar-refractivity contribution in [2.45, 2.75) is 52.6 Å². The molecule has 0 amide bonds. The first kappa shape index (κ1) is 16.9. The topological polar surface area (TPSA) is 69.6 Å². The number of piperidine rings is 1. The smallest absolute Gasteiger partial charge is 0.279 e. The molecular weight excluding hydrogens is 264 g/mol. The van der Waals surface area contributed by atoms with Crippen LogP contribution in [0.25, 0.3) is 0 Å². The van der Waals surface area contributed by atoms with Gasteiger partial charge in [0.25, 0.3) is 10.2 Å². The molecule has 0 radical (unpaired) electrons. The maximum atomic E-state index is 12.3. The third kappa shape index (κ3) is 4.70. The molecule has 1 fully saturated rings. The standard InChI is InChI=1S/C13H28N2O3S/c1-5-13(16,6-2)10-14-19(17,18)15-8-11(3)7-12(4)9-15/h11-12,14,16H,5-10H2,1-4H3. The quantitative estimate of drug-likeness (QED) is 0.776. The maximum absolute atomic E-state index is 12.3. The molecule has 0 saturated carbocycles. The van der Waals surface area contributed by atoms with Gasteiger partial charge in [0, 0.05) is 19.6 Å². The third-order valence-electron chi connectivity index (χ3n) is 4.08. The minimum Gasteiger partial charge on any atom is -0.389 e. The molecule has 6 heteroatoms. The Morgan fingerprint density at radius 2 is 1.68 bits per heavy atom. The van der Waals surface area contributed by atoms with Crippen molar-refractivity contribution in [2.75, 3.05) is 19.6 Å². The Labute approximate surface area is 117 Å². The molecule has 1 heterocycles. The molecule has 0 aliphatic carbocycles.